The molecule has 1 saturated heterocycles. The SMILES string of the molecule is COc1cccc(CN2CCCCC2)c1OCCCN. The first-order valence-electron chi connectivity index (χ1n) is 7.56. The molecule has 1 aromatic carbocycles. The van der Waals surface area contributed by atoms with Gasteiger partial charge in [-0.05, 0) is 45.0 Å². The van der Waals surface area contributed by atoms with Gasteiger partial charge in [-0.3, -0.25) is 4.90 Å². The minimum absolute atomic E-state index is 0.643. The molecule has 1 aliphatic heterocycles. The number of hydrogen-bond donors (Lipinski definition) is 1. The van der Waals surface area contributed by atoms with Crippen LogP contribution in [0.15, 0.2) is 18.2 Å². The average molecular weight is 278 g/mol. The third-order valence-corrected chi connectivity index (χ3v) is 3.72. The van der Waals surface area contributed by atoms with Crippen molar-refractivity contribution in [2.24, 2.45) is 5.73 Å². The summed E-state index contributed by atoms with van der Waals surface area (Å²) in [7, 11) is 1.69. The molecule has 0 radical (unpaired) electrons. The van der Waals surface area contributed by atoms with E-state index in [1.165, 1.54) is 37.9 Å². The van der Waals surface area contributed by atoms with Crippen LogP contribution in [0.25, 0.3) is 0 Å². The van der Waals surface area contributed by atoms with Crippen LogP contribution in [0.1, 0.15) is 31.2 Å². The van der Waals surface area contributed by atoms with E-state index in [0.29, 0.717) is 13.2 Å². The van der Waals surface area contributed by atoms with Crippen molar-refractivity contribution in [3.8, 4) is 11.5 Å². The van der Waals surface area contributed by atoms with Crippen LogP contribution in [-0.2, 0) is 6.54 Å². The molecule has 4 nitrogen and oxygen atoms in total. The molecule has 0 spiro atoms. The Hall–Kier alpha value is -1.26. The van der Waals surface area contributed by atoms with E-state index < -0.39 is 0 Å². The average Bonchev–Trinajstić information content (AvgIpc) is 2.50. The Morgan fingerprint density at radius 1 is 1.20 bits per heavy atom. The maximum Gasteiger partial charge on any atom is 0.165 e. The van der Waals surface area contributed by atoms with Gasteiger partial charge in [0.25, 0.3) is 0 Å². The van der Waals surface area contributed by atoms with Crippen LogP contribution in [0.2, 0.25) is 0 Å². The lowest BCUT2D eigenvalue weighted by molar-refractivity contribution is 0.214. The lowest BCUT2D eigenvalue weighted by atomic mass is 10.1. The largest absolute Gasteiger partial charge is 0.493 e. The minimum atomic E-state index is 0.643. The van der Waals surface area contributed by atoms with Gasteiger partial charge in [-0.2, -0.15) is 0 Å². The number of benzene rings is 1. The van der Waals surface area contributed by atoms with Gasteiger partial charge in [0, 0.05) is 12.1 Å². The molecular formula is C16H26N2O2. The van der Waals surface area contributed by atoms with E-state index in [2.05, 4.69) is 11.0 Å². The number of piperidine rings is 1. The molecule has 1 heterocycles. The van der Waals surface area contributed by atoms with Gasteiger partial charge in [0.15, 0.2) is 11.5 Å². The molecule has 0 aromatic heterocycles. The second-order valence-electron chi connectivity index (χ2n) is 5.28. The summed E-state index contributed by atoms with van der Waals surface area (Å²) >= 11 is 0. The highest BCUT2D eigenvalue weighted by Gasteiger charge is 2.15. The maximum atomic E-state index is 5.91. The fourth-order valence-electron chi connectivity index (χ4n) is 2.63. The number of ether oxygens (including phenoxy) is 2. The molecule has 1 fully saturated rings. The van der Waals surface area contributed by atoms with Crippen LogP contribution in [0.3, 0.4) is 0 Å². The first-order chi connectivity index (χ1) is 9.85. The molecule has 112 valence electrons. The normalized spacial score (nSPS) is 16.1. The first-order valence-corrected chi connectivity index (χ1v) is 7.56. The van der Waals surface area contributed by atoms with Crippen LogP contribution >= 0.6 is 0 Å². The molecule has 0 aliphatic carbocycles. The lowest BCUT2D eigenvalue weighted by Gasteiger charge is -2.27. The number of rotatable bonds is 7. The summed E-state index contributed by atoms with van der Waals surface area (Å²) in [5.41, 5.74) is 6.74. The second-order valence-corrected chi connectivity index (χ2v) is 5.28. The Balaban J connectivity index is 2.08. The van der Waals surface area contributed by atoms with E-state index in [-0.39, 0.29) is 0 Å². The van der Waals surface area contributed by atoms with Gasteiger partial charge in [-0.25, -0.2) is 0 Å². The zero-order chi connectivity index (χ0) is 14.2. The standard InChI is InChI=1S/C16H26N2O2/c1-19-15-8-5-7-14(16(15)20-12-6-9-17)13-18-10-3-2-4-11-18/h5,7-8H,2-4,6,9-13,17H2,1H3. The van der Waals surface area contributed by atoms with Gasteiger partial charge in [-0.15, -0.1) is 0 Å². The van der Waals surface area contributed by atoms with Crippen molar-refractivity contribution < 1.29 is 9.47 Å². The van der Waals surface area contributed by atoms with Crippen LogP contribution in [0.4, 0.5) is 0 Å². The molecule has 1 aromatic rings. The van der Waals surface area contributed by atoms with Gasteiger partial charge >= 0.3 is 0 Å². The summed E-state index contributed by atoms with van der Waals surface area (Å²) in [6, 6.07) is 6.13. The Kier molecular flexibility index (Phi) is 6.15. The fourth-order valence-corrected chi connectivity index (χ4v) is 2.63. The van der Waals surface area contributed by atoms with Crippen molar-refractivity contribution in [1.29, 1.82) is 0 Å². The van der Waals surface area contributed by atoms with E-state index >= 15 is 0 Å². The summed E-state index contributed by atoms with van der Waals surface area (Å²) in [4.78, 5) is 2.49. The fraction of sp³-hybridized carbons (Fsp3) is 0.625. The van der Waals surface area contributed by atoms with Crippen LogP contribution in [0.5, 0.6) is 11.5 Å². The molecule has 20 heavy (non-hydrogen) atoms. The van der Waals surface area contributed by atoms with Gasteiger partial charge in [0.2, 0.25) is 0 Å². The highest BCUT2D eigenvalue weighted by atomic mass is 16.5. The summed E-state index contributed by atoms with van der Waals surface area (Å²) in [6.45, 7) is 4.59. The van der Waals surface area contributed by atoms with Crippen molar-refractivity contribution in [3.05, 3.63) is 23.8 Å². The van der Waals surface area contributed by atoms with Gasteiger partial charge < -0.3 is 15.2 Å². The molecule has 0 bridgehead atoms. The third kappa shape index (κ3) is 4.12. The highest BCUT2D eigenvalue weighted by molar-refractivity contribution is 5.46. The molecule has 1 aliphatic rings. The minimum Gasteiger partial charge on any atom is -0.493 e. The number of nitrogens with two attached hydrogens (primary N) is 1. The Morgan fingerprint density at radius 2 is 2.00 bits per heavy atom. The third-order valence-electron chi connectivity index (χ3n) is 3.72. The molecule has 0 amide bonds. The Bertz CT molecular complexity index is 403. The van der Waals surface area contributed by atoms with Gasteiger partial charge in [0.05, 0.1) is 13.7 Å². The zero-order valence-electron chi connectivity index (χ0n) is 12.4. The summed E-state index contributed by atoms with van der Waals surface area (Å²) in [5, 5.41) is 0. The summed E-state index contributed by atoms with van der Waals surface area (Å²) in [6.07, 6.45) is 4.82. The maximum absolute atomic E-state index is 5.91. The summed E-state index contributed by atoms with van der Waals surface area (Å²) < 4.78 is 11.3. The van der Waals surface area contributed by atoms with Crippen LogP contribution in [-0.4, -0.2) is 38.3 Å². The molecular weight excluding hydrogens is 252 g/mol. The number of hydrogen-bond acceptors (Lipinski definition) is 4. The number of likely N-dealkylation sites (tertiary alicyclic amines) is 1. The summed E-state index contributed by atoms with van der Waals surface area (Å²) in [5.74, 6) is 1.70. The van der Waals surface area contributed by atoms with Gasteiger partial charge in [-0.1, -0.05) is 18.6 Å². The highest BCUT2D eigenvalue weighted by Crippen LogP contribution is 2.32. The van der Waals surface area contributed by atoms with Crippen molar-refractivity contribution in [3.63, 3.8) is 0 Å². The Labute approximate surface area is 121 Å². The van der Waals surface area contributed by atoms with E-state index in [0.717, 1.165) is 24.5 Å². The van der Waals surface area contributed by atoms with Crippen molar-refractivity contribution >= 4 is 0 Å². The van der Waals surface area contributed by atoms with Crippen molar-refractivity contribution in [2.45, 2.75) is 32.2 Å². The monoisotopic (exact) mass is 278 g/mol. The first kappa shape index (κ1) is 15.1. The second kappa shape index (κ2) is 8.12. The zero-order valence-corrected chi connectivity index (χ0v) is 12.4. The predicted octanol–water partition coefficient (Wildman–Crippen LogP) is 2.41. The van der Waals surface area contributed by atoms with Crippen molar-refractivity contribution in [1.82, 2.24) is 4.90 Å². The van der Waals surface area contributed by atoms with E-state index in [4.69, 9.17) is 15.2 Å². The van der Waals surface area contributed by atoms with Crippen LogP contribution in [0, 0.1) is 0 Å². The molecule has 2 N–H and O–H groups in total. The predicted molar refractivity (Wildman–Crippen MR) is 81.3 cm³/mol. The van der Waals surface area contributed by atoms with E-state index in [1.807, 2.05) is 12.1 Å². The Morgan fingerprint density at radius 3 is 2.70 bits per heavy atom. The molecule has 0 unspecified atom stereocenters. The van der Waals surface area contributed by atoms with E-state index in [1.54, 1.807) is 7.11 Å². The topological polar surface area (TPSA) is 47.7 Å². The van der Waals surface area contributed by atoms with Gasteiger partial charge in [0.1, 0.15) is 0 Å². The smallest absolute Gasteiger partial charge is 0.165 e. The number of para-hydroxylation sites is 1. The van der Waals surface area contributed by atoms with Crippen LogP contribution < -0.4 is 15.2 Å². The number of nitrogens with zero attached hydrogens (tertiary/aromatic N) is 1. The number of methoxy groups -OCH3 is 1. The lowest BCUT2D eigenvalue weighted by Crippen LogP contribution is -2.29. The van der Waals surface area contributed by atoms with Crippen molar-refractivity contribution in [2.75, 3.05) is 33.4 Å². The molecule has 2 rings (SSSR count). The molecule has 4 heteroatoms. The quantitative estimate of drug-likeness (QED) is 0.778. The molecule has 0 saturated carbocycles. The molecule has 0 atom stereocenters. The van der Waals surface area contributed by atoms with E-state index in [9.17, 15) is 0 Å².